The van der Waals surface area contributed by atoms with E-state index in [1.165, 1.54) is 18.9 Å². The summed E-state index contributed by atoms with van der Waals surface area (Å²) in [5.41, 5.74) is 1.90. The molecule has 4 N–H and O–H groups in total. The molecule has 6 nitrogen and oxygen atoms in total. The van der Waals surface area contributed by atoms with Crippen LogP contribution >= 0.6 is 0 Å². The van der Waals surface area contributed by atoms with Crippen LogP contribution in [-0.4, -0.2) is 28.4 Å². The highest BCUT2D eigenvalue weighted by Crippen LogP contribution is 2.36. The number of ether oxygens (including phenoxy) is 1. The van der Waals surface area contributed by atoms with Crippen LogP contribution in [0.1, 0.15) is 36.8 Å². The van der Waals surface area contributed by atoms with E-state index in [0.29, 0.717) is 29.3 Å². The van der Waals surface area contributed by atoms with Crippen molar-refractivity contribution in [3.05, 3.63) is 53.6 Å². The third kappa shape index (κ3) is 4.39. The van der Waals surface area contributed by atoms with Crippen molar-refractivity contribution >= 4 is 11.8 Å². The lowest BCUT2D eigenvalue weighted by Crippen LogP contribution is -2.38. The van der Waals surface area contributed by atoms with Gasteiger partial charge in [0.2, 0.25) is 0 Å². The Bertz CT molecular complexity index is 842. The molecule has 2 unspecified atom stereocenters. The number of para-hydroxylation sites is 1. The van der Waals surface area contributed by atoms with Crippen molar-refractivity contribution in [2.45, 2.75) is 50.8 Å². The number of phenols is 2. The SMILES string of the molecule is O=C(Nc1cccc(CC2CC3CCC(C2)N3)c1O)OCc1cccc(O)c1. The molecule has 2 aliphatic rings. The molecule has 2 aromatic carbocycles. The highest BCUT2D eigenvalue weighted by atomic mass is 16.5. The van der Waals surface area contributed by atoms with Crippen molar-refractivity contribution in [2.75, 3.05) is 5.32 Å². The number of fused-ring (bicyclic) bond motifs is 2. The summed E-state index contributed by atoms with van der Waals surface area (Å²) >= 11 is 0. The molecule has 148 valence electrons. The Morgan fingerprint density at radius 2 is 1.86 bits per heavy atom. The molecule has 0 aliphatic carbocycles. The fraction of sp³-hybridized carbons (Fsp3) is 0.409. The van der Waals surface area contributed by atoms with Crippen LogP contribution in [0.15, 0.2) is 42.5 Å². The van der Waals surface area contributed by atoms with Gasteiger partial charge in [0.15, 0.2) is 0 Å². The van der Waals surface area contributed by atoms with E-state index in [0.717, 1.165) is 24.8 Å². The minimum absolute atomic E-state index is 0.0402. The normalized spacial score (nSPS) is 23.4. The van der Waals surface area contributed by atoms with E-state index in [4.69, 9.17) is 4.74 Å². The molecular formula is C22H26N2O4. The second-order valence-corrected chi connectivity index (χ2v) is 7.86. The smallest absolute Gasteiger partial charge is 0.412 e. The quantitative estimate of drug-likeness (QED) is 0.589. The monoisotopic (exact) mass is 382 g/mol. The molecule has 0 spiro atoms. The van der Waals surface area contributed by atoms with Crippen molar-refractivity contribution < 1.29 is 19.7 Å². The number of nitrogens with one attached hydrogen (secondary N) is 2. The van der Waals surface area contributed by atoms with Crippen molar-refractivity contribution in [1.82, 2.24) is 5.32 Å². The number of piperidine rings is 1. The summed E-state index contributed by atoms with van der Waals surface area (Å²) in [6.07, 6.45) is 4.95. The average molecular weight is 382 g/mol. The minimum Gasteiger partial charge on any atom is -0.508 e. The van der Waals surface area contributed by atoms with Gasteiger partial charge in [0.1, 0.15) is 18.1 Å². The Balaban J connectivity index is 1.35. The van der Waals surface area contributed by atoms with Crippen molar-refractivity contribution in [2.24, 2.45) is 5.92 Å². The first-order chi connectivity index (χ1) is 13.6. The molecular weight excluding hydrogens is 356 g/mol. The first kappa shape index (κ1) is 18.6. The fourth-order valence-electron chi connectivity index (χ4n) is 4.45. The van der Waals surface area contributed by atoms with Gasteiger partial charge in [-0.2, -0.15) is 0 Å². The third-order valence-electron chi connectivity index (χ3n) is 5.72. The number of phenolic OH excluding ortho intramolecular Hbond substituents is 2. The number of hydrogen-bond acceptors (Lipinski definition) is 5. The number of carbonyl (C=O) groups excluding carboxylic acids is 1. The van der Waals surface area contributed by atoms with Crippen LogP contribution < -0.4 is 10.6 Å². The van der Waals surface area contributed by atoms with E-state index < -0.39 is 6.09 Å². The summed E-state index contributed by atoms with van der Waals surface area (Å²) in [7, 11) is 0. The van der Waals surface area contributed by atoms with Crippen LogP contribution in [0.25, 0.3) is 0 Å². The summed E-state index contributed by atoms with van der Waals surface area (Å²) < 4.78 is 5.19. The van der Waals surface area contributed by atoms with Crippen LogP contribution in [0.3, 0.4) is 0 Å². The number of amides is 1. The summed E-state index contributed by atoms with van der Waals surface area (Å²) in [4.78, 5) is 12.1. The lowest BCUT2D eigenvalue weighted by molar-refractivity contribution is 0.155. The van der Waals surface area contributed by atoms with Gasteiger partial charge in [-0.25, -0.2) is 4.79 Å². The molecule has 28 heavy (non-hydrogen) atoms. The first-order valence-corrected chi connectivity index (χ1v) is 9.85. The van der Waals surface area contributed by atoms with Gasteiger partial charge in [0, 0.05) is 12.1 Å². The molecule has 2 aromatic rings. The Hall–Kier alpha value is -2.73. The number of carbonyl (C=O) groups is 1. The maximum atomic E-state index is 12.1. The maximum Gasteiger partial charge on any atom is 0.412 e. The van der Waals surface area contributed by atoms with Crippen LogP contribution in [0, 0.1) is 5.92 Å². The lowest BCUT2D eigenvalue weighted by Gasteiger charge is -2.29. The van der Waals surface area contributed by atoms with Gasteiger partial charge >= 0.3 is 6.09 Å². The molecule has 2 saturated heterocycles. The summed E-state index contributed by atoms with van der Waals surface area (Å²) in [5, 5.41) is 26.3. The molecule has 2 aliphatic heterocycles. The van der Waals surface area contributed by atoms with Crippen LogP contribution in [0.5, 0.6) is 11.5 Å². The Morgan fingerprint density at radius 3 is 2.61 bits per heavy atom. The first-order valence-electron chi connectivity index (χ1n) is 9.85. The molecule has 2 bridgehead atoms. The molecule has 0 aromatic heterocycles. The third-order valence-corrected chi connectivity index (χ3v) is 5.72. The minimum atomic E-state index is -0.643. The number of benzene rings is 2. The predicted molar refractivity (Wildman–Crippen MR) is 106 cm³/mol. The van der Waals surface area contributed by atoms with Crippen molar-refractivity contribution in [3.8, 4) is 11.5 Å². The molecule has 2 heterocycles. The second-order valence-electron chi connectivity index (χ2n) is 7.86. The second kappa shape index (κ2) is 8.10. The van der Waals surface area contributed by atoms with Gasteiger partial charge < -0.3 is 20.3 Å². The van der Waals surface area contributed by atoms with Gasteiger partial charge in [-0.15, -0.1) is 0 Å². The van der Waals surface area contributed by atoms with Gasteiger partial charge in [0.05, 0.1) is 5.69 Å². The van der Waals surface area contributed by atoms with E-state index in [2.05, 4.69) is 10.6 Å². The number of hydrogen-bond donors (Lipinski definition) is 4. The molecule has 4 rings (SSSR count). The number of aromatic hydroxyl groups is 2. The zero-order valence-corrected chi connectivity index (χ0v) is 15.7. The van der Waals surface area contributed by atoms with Crippen molar-refractivity contribution in [3.63, 3.8) is 0 Å². The van der Waals surface area contributed by atoms with E-state index in [-0.39, 0.29) is 18.1 Å². The summed E-state index contributed by atoms with van der Waals surface area (Å²) in [6.45, 7) is 0.0402. The predicted octanol–water partition coefficient (Wildman–Crippen LogP) is 3.92. The summed E-state index contributed by atoms with van der Waals surface area (Å²) in [6, 6.07) is 13.2. The number of anilines is 1. The zero-order chi connectivity index (χ0) is 19.5. The Labute approximate surface area is 164 Å². The van der Waals surface area contributed by atoms with Gasteiger partial charge in [0.25, 0.3) is 0 Å². The van der Waals surface area contributed by atoms with E-state index in [9.17, 15) is 15.0 Å². The van der Waals surface area contributed by atoms with E-state index >= 15 is 0 Å². The summed E-state index contributed by atoms with van der Waals surface area (Å²) in [5.74, 6) is 0.790. The van der Waals surface area contributed by atoms with Crippen LogP contribution in [0.2, 0.25) is 0 Å². The van der Waals surface area contributed by atoms with Gasteiger partial charge in [-0.3, -0.25) is 5.32 Å². The molecule has 2 fully saturated rings. The lowest BCUT2D eigenvalue weighted by atomic mass is 9.86. The van der Waals surface area contributed by atoms with E-state index in [1.807, 2.05) is 12.1 Å². The topological polar surface area (TPSA) is 90.8 Å². The molecule has 1 amide bonds. The molecule has 2 atom stereocenters. The zero-order valence-electron chi connectivity index (χ0n) is 15.7. The standard InChI is InChI=1S/C22H26N2O4/c25-19-5-1-3-14(12-19)13-28-22(27)24-20-6-2-4-16(21(20)26)9-15-10-17-7-8-18(11-15)23-17/h1-6,12,15,17-18,23,25-26H,7-11,13H2,(H,24,27). The van der Waals surface area contributed by atoms with Crippen LogP contribution in [-0.2, 0) is 17.8 Å². The van der Waals surface area contributed by atoms with Gasteiger partial charge in [-0.1, -0.05) is 24.3 Å². The largest absolute Gasteiger partial charge is 0.508 e. The van der Waals surface area contributed by atoms with Crippen molar-refractivity contribution in [1.29, 1.82) is 0 Å². The van der Waals surface area contributed by atoms with Crippen LogP contribution in [0.4, 0.5) is 10.5 Å². The highest BCUT2D eigenvalue weighted by Gasteiger charge is 2.33. The average Bonchev–Trinajstić information content (AvgIpc) is 3.02. The molecule has 0 saturated carbocycles. The van der Waals surface area contributed by atoms with Gasteiger partial charge in [-0.05, 0) is 67.3 Å². The number of rotatable bonds is 5. The Morgan fingerprint density at radius 1 is 1.11 bits per heavy atom. The molecule has 6 heteroatoms. The highest BCUT2D eigenvalue weighted by molar-refractivity contribution is 5.87. The fourth-order valence-corrected chi connectivity index (χ4v) is 4.45. The molecule has 0 radical (unpaired) electrons. The Kier molecular flexibility index (Phi) is 5.39. The van der Waals surface area contributed by atoms with E-state index in [1.54, 1.807) is 24.3 Å². The maximum absolute atomic E-state index is 12.1.